The highest BCUT2D eigenvalue weighted by Crippen LogP contribution is 2.14. The monoisotopic (exact) mass is 260 g/mol. The number of anilines is 1. The van der Waals surface area contributed by atoms with Gasteiger partial charge < -0.3 is 10.2 Å². The van der Waals surface area contributed by atoms with E-state index in [1.807, 2.05) is 4.90 Å². The number of nitrogens with zero attached hydrogens (tertiary/aromatic N) is 1. The molecule has 0 atom stereocenters. The number of benzene rings is 1. The third-order valence-corrected chi connectivity index (χ3v) is 3.60. The fourth-order valence-corrected chi connectivity index (χ4v) is 2.69. The van der Waals surface area contributed by atoms with E-state index in [0.29, 0.717) is 6.42 Å². The van der Waals surface area contributed by atoms with Crippen LogP contribution in [0.4, 0.5) is 5.69 Å². The predicted molar refractivity (Wildman–Crippen MR) is 79.5 cm³/mol. The molecule has 0 unspecified atom stereocenters. The molecule has 0 spiro atoms. The number of hydrogen-bond donors (Lipinski definition) is 1. The summed E-state index contributed by atoms with van der Waals surface area (Å²) in [5.41, 5.74) is 3.62. The molecule has 1 aliphatic rings. The quantitative estimate of drug-likeness (QED) is 0.902. The highest BCUT2D eigenvalue weighted by molar-refractivity contribution is 5.76. The first-order valence-corrected chi connectivity index (χ1v) is 7.25. The molecule has 1 aliphatic heterocycles. The van der Waals surface area contributed by atoms with Crippen molar-refractivity contribution in [2.45, 2.75) is 39.5 Å². The van der Waals surface area contributed by atoms with Gasteiger partial charge in [0.25, 0.3) is 0 Å². The fourth-order valence-electron chi connectivity index (χ4n) is 2.69. The lowest BCUT2D eigenvalue weighted by Crippen LogP contribution is -2.36. The average Bonchev–Trinajstić information content (AvgIpc) is 2.38. The van der Waals surface area contributed by atoms with Crippen LogP contribution in [0.1, 0.15) is 36.8 Å². The van der Waals surface area contributed by atoms with E-state index < -0.39 is 0 Å². The van der Waals surface area contributed by atoms with Gasteiger partial charge in [-0.2, -0.15) is 0 Å². The topological polar surface area (TPSA) is 32.3 Å². The average molecular weight is 260 g/mol. The molecule has 104 valence electrons. The number of hydrogen-bond acceptors (Lipinski definition) is 2. The maximum atomic E-state index is 12.0. The molecule has 19 heavy (non-hydrogen) atoms. The van der Waals surface area contributed by atoms with Crippen molar-refractivity contribution in [3.8, 4) is 0 Å². The molecule has 0 saturated carbocycles. The van der Waals surface area contributed by atoms with Crippen molar-refractivity contribution in [1.29, 1.82) is 0 Å². The molecule has 1 heterocycles. The normalized spacial score (nSPS) is 15.4. The van der Waals surface area contributed by atoms with Crippen molar-refractivity contribution >= 4 is 11.6 Å². The molecule has 1 aromatic carbocycles. The first-order chi connectivity index (χ1) is 9.15. The van der Waals surface area contributed by atoms with Gasteiger partial charge in [-0.15, -0.1) is 0 Å². The first kappa shape index (κ1) is 13.9. The van der Waals surface area contributed by atoms with E-state index in [9.17, 15) is 4.79 Å². The van der Waals surface area contributed by atoms with Crippen LogP contribution in [0.2, 0.25) is 0 Å². The summed E-state index contributed by atoms with van der Waals surface area (Å²) in [6.07, 6.45) is 4.18. The van der Waals surface area contributed by atoms with E-state index in [0.717, 1.165) is 38.2 Å². The van der Waals surface area contributed by atoms with Crippen LogP contribution < -0.4 is 5.32 Å². The molecule has 3 nitrogen and oxygen atoms in total. The van der Waals surface area contributed by atoms with Gasteiger partial charge in [-0.3, -0.25) is 4.79 Å². The number of nitrogens with one attached hydrogen (secondary N) is 1. The maximum Gasteiger partial charge on any atom is 0.224 e. The van der Waals surface area contributed by atoms with Crippen LogP contribution in [0.15, 0.2) is 18.2 Å². The van der Waals surface area contributed by atoms with E-state index in [4.69, 9.17) is 0 Å². The van der Waals surface area contributed by atoms with Gasteiger partial charge in [0.05, 0.1) is 0 Å². The number of amides is 1. The number of likely N-dealkylation sites (tertiary alicyclic amines) is 1. The lowest BCUT2D eigenvalue weighted by atomic mass is 10.1. The number of rotatable bonds is 4. The first-order valence-electron chi connectivity index (χ1n) is 7.25. The Hall–Kier alpha value is -1.51. The summed E-state index contributed by atoms with van der Waals surface area (Å²) >= 11 is 0. The maximum absolute atomic E-state index is 12.0. The Kier molecular flexibility index (Phi) is 4.83. The summed E-state index contributed by atoms with van der Waals surface area (Å²) in [4.78, 5) is 14.0. The van der Waals surface area contributed by atoms with Crippen molar-refractivity contribution in [2.75, 3.05) is 25.0 Å². The SMILES string of the molecule is Cc1cc(C)cc(NCCC(=O)N2CCCCC2)c1. The number of carbonyl (C=O) groups excluding carboxylic acids is 1. The molecule has 0 aliphatic carbocycles. The zero-order valence-corrected chi connectivity index (χ0v) is 12.0. The Bertz CT molecular complexity index is 416. The van der Waals surface area contributed by atoms with Gasteiger partial charge in [0, 0.05) is 31.7 Å². The number of aryl methyl sites for hydroxylation is 2. The minimum Gasteiger partial charge on any atom is -0.385 e. The largest absolute Gasteiger partial charge is 0.385 e. The zero-order valence-electron chi connectivity index (χ0n) is 12.0. The van der Waals surface area contributed by atoms with Gasteiger partial charge in [-0.05, 0) is 56.4 Å². The van der Waals surface area contributed by atoms with Crippen molar-refractivity contribution in [3.63, 3.8) is 0 Å². The third-order valence-electron chi connectivity index (χ3n) is 3.60. The molecule has 0 radical (unpaired) electrons. The molecule has 2 rings (SSSR count). The second-order valence-electron chi connectivity index (χ2n) is 5.49. The van der Waals surface area contributed by atoms with Crippen LogP contribution in [0.3, 0.4) is 0 Å². The smallest absolute Gasteiger partial charge is 0.224 e. The van der Waals surface area contributed by atoms with Crippen molar-refractivity contribution in [1.82, 2.24) is 4.90 Å². The lowest BCUT2D eigenvalue weighted by Gasteiger charge is -2.26. The summed E-state index contributed by atoms with van der Waals surface area (Å²) in [7, 11) is 0. The Balaban J connectivity index is 1.77. The molecular weight excluding hydrogens is 236 g/mol. The summed E-state index contributed by atoms with van der Waals surface area (Å²) in [6.45, 7) is 6.80. The second-order valence-corrected chi connectivity index (χ2v) is 5.49. The van der Waals surface area contributed by atoms with Crippen LogP contribution in [0, 0.1) is 13.8 Å². The molecule has 0 bridgehead atoms. The van der Waals surface area contributed by atoms with E-state index >= 15 is 0 Å². The standard InChI is InChI=1S/C16H24N2O/c1-13-10-14(2)12-15(11-13)17-7-6-16(19)18-8-4-3-5-9-18/h10-12,17H,3-9H2,1-2H3. The van der Waals surface area contributed by atoms with E-state index in [1.165, 1.54) is 17.5 Å². The van der Waals surface area contributed by atoms with Crippen LogP contribution in [0.25, 0.3) is 0 Å². The lowest BCUT2D eigenvalue weighted by molar-refractivity contribution is -0.131. The molecular formula is C16H24N2O. The van der Waals surface area contributed by atoms with E-state index in [1.54, 1.807) is 0 Å². The second kappa shape index (κ2) is 6.60. The van der Waals surface area contributed by atoms with Gasteiger partial charge in [-0.1, -0.05) is 6.07 Å². The fraction of sp³-hybridized carbons (Fsp3) is 0.562. The molecule has 1 aromatic rings. The predicted octanol–water partition coefficient (Wildman–Crippen LogP) is 3.12. The molecule has 1 saturated heterocycles. The number of piperidine rings is 1. The Labute approximate surface area is 116 Å². The Morgan fingerprint density at radius 1 is 1.11 bits per heavy atom. The van der Waals surface area contributed by atoms with Crippen LogP contribution in [0.5, 0.6) is 0 Å². The summed E-state index contributed by atoms with van der Waals surface area (Å²) in [5.74, 6) is 0.288. The summed E-state index contributed by atoms with van der Waals surface area (Å²) in [6, 6.07) is 6.40. The Morgan fingerprint density at radius 3 is 2.37 bits per heavy atom. The van der Waals surface area contributed by atoms with Crippen molar-refractivity contribution < 1.29 is 4.79 Å². The highest BCUT2D eigenvalue weighted by Gasteiger charge is 2.15. The molecule has 1 fully saturated rings. The summed E-state index contributed by atoms with van der Waals surface area (Å²) < 4.78 is 0. The minimum absolute atomic E-state index is 0.288. The van der Waals surface area contributed by atoms with Gasteiger partial charge in [0.15, 0.2) is 0 Å². The zero-order chi connectivity index (χ0) is 13.7. The molecule has 0 aromatic heterocycles. The Morgan fingerprint density at radius 2 is 1.74 bits per heavy atom. The minimum atomic E-state index is 0.288. The van der Waals surface area contributed by atoms with Gasteiger partial charge in [0.1, 0.15) is 0 Å². The number of carbonyl (C=O) groups is 1. The highest BCUT2D eigenvalue weighted by atomic mass is 16.2. The van der Waals surface area contributed by atoms with Gasteiger partial charge in [0.2, 0.25) is 5.91 Å². The van der Waals surface area contributed by atoms with Crippen molar-refractivity contribution in [2.24, 2.45) is 0 Å². The van der Waals surface area contributed by atoms with Gasteiger partial charge >= 0.3 is 0 Å². The van der Waals surface area contributed by atoms with Crippen LogP contribution in [-0.2, 0) is 4.79 Å². The third kappa shape index (κ3) is 4.27. The van der Waals surface area contributed by atoms with Crippen LogP contribution in [-0.4, -0.2) is 30.4 Å². The van der Waals surface area contributed by atoms with E-state index in [2.05, 4.69) is 37.4 Å². The molecule has 3 heteroatoms. The molecule has 1 amide bonds. The van der Waals surface area contributed by atoms with Crippen LogP contribution >= 0.6 is 0 Å². The van der Waals surface area contributed by atoms with Gasteiger partial charge in [-0.25, -0.2) is 0 Å². The molecule has 1 N–H and O–H groups in total. The van der Waals surface area contributed by atoms with E-state index in [-0.39, 0.29) is 5.91 Å². The van der Waals surface area contributed by atoms with Crippen molar-refractivity contribution in [3.05, 3.63) is 29.3 Å². The summed E-state index contributed by atoms with van der Waals surface area (Å²) in [5, 5.41) is 3.35.